The Kier molecular flexibility index (Phi) is 6.01. The highest BCUT2D eigenvalue weighted by Gasteiger charge is 2.30. The van der Waals surface area contributed by atoms with Crippen molar-refractivity contribution in [3.63, 3.8) is 0 Å². The zero-order chi connectivity index (χ0) is 26.5. The fourth-order valence-corrected chi connectivity index (χ4v) is 4.71. The van der Waals surface area contributed by atoms with E-state index < -0.39 is 23.0 Å². The van der Waals surface area contributed by atoms with E-state index in [2.05, 4.69) is 0 Å². The SMILES string of the molecule is CC(C)Cn1c(=O)n(C)c(=O)c2c(-c3ccc(C(F)(F)F)cc3)n(Cc3cccc4ccccc34)nc21. The average molecular weight is 507 g/mol. The summed E-state index contributed by atoms with van der Waals surface area (Å²) in [6.07, 6.45) is -4.49. The lowest BCUT2D eigenvalue weighted by Crippen LogP contribution is -2.38. The van der Waals surface area contributed by atoms with Crippen LogP contribution in [0.1, 0.15) is 25.0 Å². The molecular formula is C28H25F3N4O2. The van der Waals surface area contributed by atoms with Gasteiger partial charge in [-0.2, -0.15) is 18.3 Å². The van der Waals surface area contributed by atoms with Crippen molar-refractivity contribution >= 4 is 21.8 Å². The summed E-state index contributed by atoms with van der Waals surface area (Å²) in [6, 6.07) is 18.4. The first-order chi connectivity index (χ1) is 17.6. The maximum absolute atomic E-state index is 13.4. The normalized spacial score (nSPS) is 12.2. The van der Waals surface area contributed by atoms with Gasteiger partial charge in [0.1, 0.15) is 5.39 Å². The minimum atomic E-state index is -4.49. The number of rotatable bonds is 5. The Morgan fingerprint density at radius 1 is 0.919 bits per heavy atom. The number of alkyl halides is 3. The molecule has 190 valence electrons. The molecule has 0 fully saturated rings. The van der Waals surface area contributed by atoms with Crippen molar-refractivity contribution < 1.29 is 13.2 Å². The summed E-state index contributed by atoms with van der Waals surface area (Å²) in [5.41, 5.74) is 0.104. The summed E-state index contributed by atoms with van der Waals surface area (Å²) >= 11 is 0. The van der Waals surface area contributed by atoms with Crippen molar-refractivity contribution in [1.29, 1.82) is 0 Å². The Balaban J connectivity index is 1.82. The molecule has 0 saturated heterocycles. The quantitative estimate of drug-likeness (QED) is 0.319. The average Bonchev–Trinajstić information content (AvgIpc) is 3.24. The first kappa shape index (κ1) is 24.5. The van der Waals surface area contributed by atoms with Crippen LogP contribution in [0, 0.1) is 5.92 Å². The van der Waals surface area contributed by atoms with E-state index in [1.807, 2.05) is 56.3 Å². The lowest BCUT2D eigenvalue weighted by molar-refractivity contribution is -0.137. The van der Waals surface area contributed by atoms with Gasteiger partial charge in [-0.05, 0) is 34.4 Å². The standard InChI is InChI=1S/C28H25F3N4O2/c1-17(2)15-34-25-23(26(36)33(3)27(34)37)24(19-11-13-21(14-12-19)28(29,30)31)35(32-25)16-20-9-6-8-18-7-4-5-10-22(18)20/h4-14,17H,15-16H2,1-3H3. The summed E-state index contributed by atoms with van der Waals surface area (Å²) in [7, 11) is 1.40. The Morgan fingerprint density at radius 2 is 1.59 bits per heavy atom. The van der Waals surface area contributed by atoms with E-state index in [0.717, 1.165) is 33.0 Å². The molecule has 0 atom stereocenters. The molecule has 0 bridgehead atoms. The molecule has 37 heavy (non-hydrogen) atoms. The summed E-state index contributed by atoms with van der Waals surface area (Å²) in [5, 5.41) is 6.94. The molecule has 5 rings (SSSR count). The molecule has 5 aromatic rings. The molecule has 0 unspecified atom stereocenters. The number of hydrogen-bond donors (Lipinski definition) is 0. The topological polar surface area (TPSA) is 61.8 Å². The highest BCUT2D eigenvalue weighted by Crippen LogP contribution is 2.33. The smallest absolute Gasteiger partial charge is 0.276 e. The Morgan fingerprint density at radius 3 is 2.27 bits per heavy atom. The van der Waals surface area contributed by atoms with Crippen LogP contribution < -0.4 is 11.2 Å². The van der Waals surface area contributed by atoms with Crippen LogP contribution in [0.2, 0.25) is 0 Å². The third kappa shape index (κ3) is 4.34. The first-order valence-electron chi connectivity index (χ1n) is 11.9. The molecule has 0 radical (unpaired) electrons. The lowest BCUT2D eigenvalue weighted by atomic mass is 10.0. The molecule has 0 amide bonds. The molecule has 0 aliphatic carbocycles. The number of hydrogen-bond acceptors (Lipinski definition) is 3. The van der Waals surface area contributed by atoms with Gasteiger partial charge in [-0.1, -0.05) is 68.4 Å². The van der Waals surface area contributed by atoms with Gasteiger partial charge < -0.3 is 0 Å². The van der Waals surface area contributed by atoms with E-state index in [-0.39, 0.29) is 23.5 Å². The van der Waals surface area contributed by atoms with E-state index in [4.69, 9.17) is 5.10 Å². The van der Waals surface area contributed by atoms with Crippen LogP contribution >= 0.6 is 0 Å². The van der Waals surface area contributed by atoms with E-state index in [9.17, 15) is 22.8 Å². The molecule has 3 aromatic carbocycles. The van der Waals surface area contributed by atoms with Crippen LogP contribution in [0.5, 0.6) is 0 Å². The number of fused-ring (bicyclic) bond motifs is 2. The van der Waals surface area contributed by atoms with E-state index in [1.54, 1.807) is 4.68 Å². The molecular weight excluding hydrogens is 481 g/mol. The van der Waals surface area contributed by atoms with Gasteiger partial charge in [-0.15, -0.1) is 0 Å². The molecule has 0 N–H and O–H groups in total. The van der Waals surface area contributed by atoms with Gasteiger partial charge >= 0.3 is 11.9 Å². The Labute approximate surface area is 210 Å². The fourth-order valence-electron chi connectivity index (χ4n) is 4.71. The van der Waals surface area contributed by atoms with Gasteiger partial charge in [0.15, 0.2) is 5.65 Å². The largest absolute Gasteiger partial charge is 0.416 e. The number of aromatic nitrogens is 4. The van der Waals surface area contributed by atoms with Crippen molar-refractivity contribution in [3.05, 3.63) is 98.7 Å². The molecule has 0 aliphatic heterocycles. The molecule has 2 heterocycles. The number of benzene rings is 3. The predicted molar refractivity (Wildman–Crippen MR) is 138 cm³/mol. The zero-order valence-corrected chi connectivity index (χ0v) is 20.6. The molecule has 2 aromatic heterocycles. The first-order valence-corrected chi connectivity index (χ1v) is 11.9. The van der Waals surface area contributed by atoms with Gasteiger partial charge in [-0.3, -0.25) is 18.6 Å². The fraction of sp³-hybridized carbons (Fsp3) is 0.250. The summed E-state index contributed by atoms with van der Waals surface area (Å²) in [6.45, 7) is 4.49. The van der Waals surface area contributed by atoms with Gasteiger partial charge in [0.05, 0.1) is 17.8 Å². The maximum Gasteiger partial charge on any atom is 0.416 e. The van der Waals surface area contributed by atoms with Crippen LogP contribution in [-0.4, -0.2) is 18.9 Å². The lowest BCUT2D eigenvalue weighted by Gasteiger charge is -2.12. The van der Waals surface area contributed by atoms with Gasteiger partial charge in [0.2, 0.25) is 0 Å². The highest BCUT2D eigenvalue weighted by atomic mass is 19.4. The minimum Gasteiger partial charge on any atom is -0.276 e. The zero-order valence-electron chi connectivity index (χ0n) is 20.6. The van der Waals surface area contributed by atoms with Crippen molar-refractivity contribution in [2.45, 2.75) is 33.1 Å². The van der Waals surface area contributed by atoms with E-state index in [1.165, 1.54) is 23.7 Å². The van der Waals surface area contributed by atoms with Gasteiger partial charge in [-0.25, -0.2) is 4.79 Å². The van der Waals surface area contributed by atoms with Crippen LogP contribution in [-0.2, 0) is 26.3 Å². The maximum atomic E-state index is 13.4. The van der Waals surface area contributed by atoms with Gasteiger partial charge in [0.25, 0.3) is 5.56 Å². The molecule has 0 saturated carbocycles. The van der Waals surface area contributed by atoms with Crippen LogP contribution in [0.3, 0.4) is 0 Å². The van der Waals surface area contributed by atoms with Crippen molar-refractivity contribution in [3.8, 4) is 11.3 Å². The monoisotopic (exact) mass is 506 g/mol. The van der Waals surface area contributed by atoms with E-state index in [0.29, 0.717) is 17.8 Å². The molecule has 0 aliphatic rings. The second-order valence-corrected chi connectivity index (χ2v) is 9.57. The predicted octanol–water partition coefficient (Wildman–Crippen LogP) is 5.44. The van der Waals surface area contributed by atoms with Gasteiger partial charge in [0, 0.05) is 19.2 Å². The summed E-state index contributed by atoms with van der Waals surface area (Å²) < 4.78 is 43.9. The molecule has 0 spiro atoms. The second-order valence-electron chi connectivity index (χ2n) is 9.57. The molecule has 6 nitrogen and oxygen atoms in total. The summed E-state index contributed by atoms with van der Waals surface area (Å²) in [5.74, 6) is 0.0936. The third-order valence-corrected chi connectivity index (χ3v) is 6.46. The second kappa shape index (κ2) is 9.06. The van der Waals surface area contributed by atoms with Crippen LogP contribution in [0.4, 0.5) is 13.2 Å². The van der Waals surface area contributed by atoms with Crippen LogP contribution in [0.15, 0.2) is 76.3 Å². The number of halogens is 3. The van der Waals surface area contributed by atoms with Crippen molar-refractivity contribution in [2.24, 2.45) is 13.0 Å². The van der Waals surface area contributed by atoms with E-state index >= 15 is 0 Å². The Bertz CT molecular complexity index is 1740. The highest BCUT2D eigenvalue weighted by molar-refractivity contribution is 5.91. The van der Waals surface area contributed by atoms with Crippen LogP contribution in [0.25, 0.3) is 33.1 Å². The van der Waals surface area contributed by atoms with Crippen molar-refractivity contribution in [1.82, 2.24) is 18.9 Å². The Hall–Kier alpha value is -4.14. The number of nitrogens with zero attached hydrogens (tertiary/aromatic N) is 4. The third-order valence-electron chi connectivity index (χ3n) is 6.46. The van der Waals surface area contributed by atoms with Crippen molar-refractivity contribution in [2.75, 3.05) is 0 Å². The minimum absolute atomic E-state index is 0.0936. The summed E-state index contributed by atoms with van der Waals surface area (Å²) in [4.78, 5) is 26.4. The molecule has 9 heteroatoms.